The first-order valence-electron chi connectivity index (χ1n) is 4.30. The minimum atomic E-state index is -5.09. The van der Waals surface area contributed by atoms with Gasteiger partial charge in [-0.15, -0.1) is 0 Å². The second-order valence-corrected chi connectivity index (χ2v) is 3.07. The number of benzene rings is 1. The molecule has 86 valence electrons. The Bertz CT molecular complexity index is 400. The third-order valence-electron chi connectivity index (χ3n) is 1.90. The molecule has 16 heavy (non-hydrogen) atoms. The second kappa shape index (κ2) is 4.44. The van der Waals surface area contributed by atoms with Gasteiger partial charge < -0.3 is 5.73 Å². The van der Waals surface area contributed by atoms with E-state index in [0.29, 0.717) is 0 Å². The fourth-order valence-electron chi connectivity index (χ4n) is 1.08. The smallest absolute Gasteiger partial charge is 0.315 e. The third kappa shape index (κ3) is 2.66. The van der Waals surface area contributed by atoms with E-state index >= 15 is 0 Å². The molecule has 1 atom stereocenters. The topological polar surface area (TPSA) is 60.2 Å². The average molecular weight is 231 g/mol. The SMILES string of the molecule is NC(C(=O)c1ccccc1)C(=O)C(F)(F)F. The highest BCUT2D eigenvalue weighted by atomic mass is 19.4. The fraction of sp³-hybridized carbons (Fsp3) is 0.200. The number of Topliss-reactive ketones (excluding diaryl/α,β-unsaturated/α-hetero) is 2. The molecule has 1 aromatic rings. The van der Waals surface area contributed by atoms with Crippen LogP contribution in [0.15, 0.2) is 30.3 Å². The summed E-state index contributed by atoms with van der Waals surface area (Å²) in [6, 6.07) is 4.93. The zero-order chi connectivity index (χ0) is 12.3. The van der Waals surface area contributed by atoms with Crippen molar-refractivity contribution in [2.45, 2.75) is 12.2 Å². The van der Waals surface area contributed by atoms with Gasteiger partial charge in [0.1, 0.15) is 6.04 Å². The highest BCUT2D eigenvalue weighted by Gasteiger charge is 2.44. The lowest BCUT2D eigenvalue weighted by atomic mass is 10.0. The highest BCUT2D eigenvalue weighted by molar-refractivity contribution is 6.15. The molecule has 0 radical (unpaired) electrons. The minimum absolute atomic E-state index is 0.0207. The normalized spacial score (nSPS) is 13.2. The lowest BCUT2D eigenvalue weighted by Crippen LogP contribution is -2.45. The van der Waals surface area contributed by atoms with E-state index in [1.807, 2.05) is 0 Å². The van der Waals surface area contributed by atoms with E-state index < -0.39 is 23.8 Å². The predicted octanol–water partition coefficient (Wildman–Crippen LogP) is 1.33. The quantitative estimate of drug-likeness (QED) is 0.630. The molecule has 3 nitrogen and oxygen atoms in total. The average Bonchev–Trinajstić information content (AvgIpc) is 2.26. The van der Waals surface area contributed by atoms with Gasteiger partial charge in [-0.05, 0) is 0 Å². The second-order valence-electron chi connectivity index (χ2n) is 3.07. The lowest BCUT2D eigenvalue weighted by molar-refractivity contribution is -0.171. The molecule has 2 N–H and O–H groups in total. The van der Waals surface area contributed by atoms with Crippen molar-refractivity contribution in [1.82, 2.24) is 0 Å². The van der Waals surface area contributed by atoms with Gasteiger partial charge >= 0.3 is 6.18 Å². The van der Waals surface area contributed by atoms with Crippen molar-refractivity contribution in [3.05, 3.63) is 35.9 Å². The molecule has 0 aliphatic carbocycles. The van der Waals surface area contributed by atoms with Crippen LogP contribution in [0.1, 0.15) is 10.4 Å². The standard InChI is InChI=1S/C10H8F3NO2/c11-10(12,13)9(16)7(14)8(15)6-4-2-1-3-5-6/h1-5,7H,14H2. The molecular weight excluding hydrogens is 223 g/mol. The number of halogens is 3. The van der Waals surface area contributed by atoms with Gasteiger partial charge in [-0.25, -0.2) is 0 Å². The van der Waals surface area contributed by atoms with Crippen molar-refractivity contribution < 1.29 is 22.8 Å². The summed E-state index contributed by atoms with van der Waals surface area (Å²) in [5.74, 6) is -3.27. The van der Waals surface area contributed by atoms with E-state index in [-0.39, 0.29) is 5.56 Å². The van der Waals surface area contributed by atoms with Gasteiger partial charge in [0.2, 0.25) is 0 Å². The van der Waals surface area contributed by atoms with Crippen LogP contribution >= 0.6 is 0 Å². The monoisotopic (exact) mass is 231 g/mol. The number of alkyl halides is 3. The van der Waals surface area contributed by atoms with Crippen molar-refractivity contribution >= 4 is 11.6 Å². The zero-order valence-corrected chi connectivity index (χ0v) is 7.99. The van der Waals surface area contributed by atoms with Crippen molar-refractivity contribution in [2.75, 3.05) is 0 Å². The molecule has 0 aromatic heterocycles. The zero-order valence-electron chi connectivity index (χ0n) is 7.99. The molecule has 1 aromatic carbocycles. The first-order valence-corrected chi connectivity index (χ1v) is 4.30. The number of hydrogen-bond acceptors (Lipinski definition) is 3. The molecule has 6 heteroatoms. The number of rotatable bonds is 3. The van der Waals surface area contributed by atoms with Crippen LogP contribution in [0, 0.1) is 0 Å². The van der Waals surface area contributed by atoms with Crippen LogP contribution in [0.3, 0.4) is 0 Å². The molecule has 1 rings (SSSR count). The van der Waals surface area contributed by atoms with E-state index in [1.54, 1.807) is 6.07 Å². The summed E-state index contributed by atoms with van der Waals surface area (Å²) in [5.41, 5.74) is 4.94. The number of hydrogen-bond donors (Lipinski definition) is 1. The van der Waals surface area contributed by atoms with Gasteiger partial charge in [0, 0.05) is 5.56 Å². The molecule has 0 saturated heterocycles. The minimum Gasteiger partial charge on any atom is -0.315 e. The van der Waals surface area contributed by atoms with E-state index in [9.17, 15) is 22.8 Å². The van der Waals surface area contributed by atoms with Crippen LogP contribution in [-0.4, -0.2) is 23.8 Å². The van der Waals surface area contributed by atoms with Gasteiger partial charge in [-0.3, -0.25) is 9.59 Å². The lowest BCUT2D eigenvalue weighted by Gasteiger charge is -2.11. The summed E-state index contributed by atoms with van der Waals surface area (Å²) in [7, 11) is 0. The van der Waals surface area contributed by atoms with Crippen molar-refractivity contribution in [3.63, 3.8) is 0 Å². The van der Waals surface area contributed by atoms with Crippen LogP contribution in [0.2, 0.25) is 0 Å². The Morgan fingerprint density at radius 3 is 2.06 bits per heavy atom. The van der Waals surface area contributed by atoms with E-state index in [4.69, 9.17) is 5.73 Å². The summed E-state index contributed by atoms with van der Waals surface area (Å²) in [6.45, 7) is 0. The van der Waals surface area contributed by atoms with Gasteiger partial charge in [0.25, 0.3) is 5.78 Å². The maximum Gasteiger partial charge on any atom is 0.452 e. The number of carbonyl (C=O) groups is 2. The van der Waals surface area contributed by atoms with Crippen molar-refractivity contribution in [2.24, 2.45) is 5.73 Å². The summed E-state index contributed by atoms with van der Waals surface area (Å²) < 4.78 is 36.0. The van der Waals surface area contributed by atoms with Crippen LogP contribution in [0.5, 0.6) is 0 Å². The molecular formula is C10H8F3NO2. The molecule has 1 unspecified atom stereocenters. The fourth-order valence-corrected chi connectivity index (χ4v) is 1.08. The van der Waals surface area contributed by atoms with Gasteiger partial charge in [0.15, 0.2) is 5.78 Å². The largest absolute Gasteiger partial charge is 0.452 e. The summed E-state index contributed by atoms with van der Waals surface area (Å²) in [6.07, 6.45) is -5.09. The molecule has 0 heterocycles. The first-order chi connectivity index (χ1) is 7.34. The molecule has 0 spiro atoms. The Hall–Kier alpha value is -1.69. The Balaban J connectivity index is 2.88. The number of ketones is 2. The molecule has 0 fully saturated rings. The maximum atomic E-state index is 12.0. The molecule has 0 aliphatic heterocycles. The van der Waals surface area contributed by atoms with Gasteiger partial charge in [0.05, 0.1) is 0 Å². The Labute approximate surface area is 89.1 Å². The van der Waals surface area contributed by atoms with Crippen LogP contribution in [-0.2, 0) is 4.79 Å². The summed E-state index contributed by atoms with van der Waals surface area (Å²) in [5, 5.41) is 0. The molecule has 0 amide bonds. The predicted molar refractivity (Wildman–Crippen MR) is 49.8 cm³/mol. The van der Waals surface area contributed by atoms with Gasteiger partial charge in [-0.2, -0.15) is 13.2 Å². The third-order valence-corrected chi connectivity index (χ3v) is 1.90. The molecule has 0 saturated carbocycles. The van der Waals surface area contributed by atoms with Crippen LogP contribution in [0.4, 0.5) is 13.2 Å². The van der Waals surface area contributed by atoms with E-state index in [2.05, 4.69) is 0 Å². The van der Waals surface area contributed by atoms with Crippen LogP contribution < -0.4 is 5.73 Å². The maximum absolute atomic E-state index is 12.0. The van der Waals surface area contributed by atoms with Crippen LogP contribution in [0.25, 0.3) is 0 Å². The Kier molecular flexibility index (Phi) is 3.44. The van der Waals surface area contributed by atoms with E-state index in [1.165, 1.54) is 24.3 Å². The van der Waals surface area contributed by atoms with E-state index in [0.717, 1.165) is 0 Å². The number of nitrogens with two attached hydrogens (primary N) is 1. The summed E-state index contributed by atoms with van der Waals surface area (Å²) >= 11 is 0. The molecule has 0 aliphatic rings. The first kappa shape index (κ1) is 12.4. The summed E-state index contributed by atoms with van der Waals surface area (Å²) in [4.78, 5) is 22.1. The van der Waals surface area contributed by atoms with Crippen molar-refractivity contribution in [3.8, 4) is 0 Å². The Morgan fingerprint density at radius 1 is 1.12 bits per heavy atom. The molecule has 0 bridgehead atoms. The highest BCUT2D eigenvalue weighted by Crippen LogP contribution is 2.18. The number of carbonyl (C=O) groups excluding carboxylic acids is 2. The van der Waals surface area contributed by atoms with Crippen molar-refractivity contribution in [1.29, 1.82) is 0 Å². The van der Waals surface area contributed by atoms with Gasteiger partial charge in [-0.1, -0.05) is 30.3 Å². The Morgan fingerprint density at radius 2 is 1.62 bits per heavy atom.